The topological polar surface area (TPSA) is 47.6 Å². The summed E-state index contributed by atoms with van der Waals surface area (Å²) < 4.78 is 11.0. The van der Waals surface area contributed by atoms with Crippen LogP contribution in [0.1, 0.15) is 33.3 Å². The summed E-state index contributed by atoms with van der Waals surface area (Å²) in [6, 6.07) is 5.75. The predicted molar refractivity (Wildman–Crippen MR) is 85.6 cm³/mol. The second-order valence-corrected chi connectivity index (χ2v) is 5.61. The van der Waals surface area contributed by atoms with Crippen molar-refractivity contribution in [2.24, 2.45) is 5.92 Å². The summed E-state index contributed by atoms with van der Waals surface area (Å²) in [6.07, 6.45) is 3.27. The first-order valence-electron chi connectivity index (χ1n) is 7.21. The lowest BCUT2D eigenvalue weighted by atomic mass is 10.2. The van der Waals surface area contributed by atoms with Crippen molar-refractivity contribution in [1.29, 1.82) is 0 Å². The summed E-state index contributed by atoms with van der Waals surface area (Å²) in [5, 5.41) is 2.80. The molecule has 1 aromatic rings. The van der Waals surface area contributed by atoms with E-state index in [2.05, 4.69) is 19.2 Å². The molecule has 0 aromatic heterocycles. The van der Waals surface area contributed by atoms with Gasteiger partial charge in [0.15, 0.2) is 11.5 Å². The van der Waals surface area contributed by atoms with Gasteiger partial charge in [0.1, 0.15) is 0 Å². The minimum atomic E-state index is -0.107. The third kappa shape index (κ3) is 6.34. The number of rotatable bonds is 7. The number of nitrogens with one attached hydrogen (secondary N) is 1. The van der Waals surface area contributed by atoms with Crippen molar-refractivity contribution in [2.45, 2.75) is 33.7 Å². The zero-order chi connectivity index (χ0) is 15.8. The molecular weight excluding hydrogens is 266 g/mol. The van der Waals surface area contributed by atoms with Crippen molar-refractivity contribution in [3.05, 3.63) is 29.8 Å². The molecule has 0 fully saturated rings. The monoisotopic (exact) mass is 291 g/mol. The van der Waals surface area contributed by atoms with Gasteiger partial charge in [0.25, 0.3) is 0 Å². The quantitative estimate of drug-likeness (QED) is 0.784. The Kier molecular flexibility index (Phi) is 6.79. The molecule has 0 aliphatic rings. The van der Waals surface area contributed by atoms with E-state index >= 15 is 0 Å². The van der Waals surface area contributed by atoms with Crippen LogP contribution in [0.25, 0.3) is 6.08 Å². The van der Waals surface area contributed by atoms with Crippen LogP contribution in [0, 0.1) is 5.92 Å². The van der Waals surface area contributed by atoms with Crippen molar-refractivity contribution in [3.8, 4) is 11.5 Å². The lowest BCUT2D eigenvalue weighted by molar-refractivity contribution is -0.116. The van der Waals surface area contributed by atoms with E-state index in [1.54, 1.807) is 13.2 Å². The molecular formula is C17H25NO3. The molecule has 4 nitrogen and oxygen atoms in total. The first-order chi connectivity index (χ1) is 9.92. The normalized spacial score (nSPS) is 11.2. The van der Waals surface area contributed by atoms with E-state index in [0.29, 0.717) is 18.3 Å². The largest absolute Gasteiger partial charge is 0.493 e. The van der Waals surface area contributed by atoms with E-state index in [-0.39, 0.29) is 11.9 Å². The Labute approximate surface area is 127 Å². The summed E-state index contributed by atoms with van der Waals surface area (Å²) in [5.74, 6) is 1.73. The maximum Gasteiger partial charge on any atom is 0.244 e. The predicted octanol–water partition coefficient (Wildman–Crippen LogP) is 3.27. The Morgan fingerprint density at radius 3 is 2.52 bits per heavy atom. The van der Waals surface area contributed by atoms with Gasteiger partial charge in [-0.3, -0.25) is 4.79 Å². The van der Waals surface area contributed by atoms with Crippen molar-refractivity contribution in [1.82, 2.24) is 5.32 Å². The van der Waals surface area contributed by atoms with Gasteiger partial charge in [-0.1, -0.05) is 19.9 Å². The lowest BCUT2D eigenvalue weighted by Gasteiger charge is -2.12. The highest BCUT2D eigenvalue weighted by Gasteiger charge is 2.06. The van der Waals surface area contributed by atoms with Crippen molar-refractivity contribution in [3.63, 3.8) is 0 Å². The van der Waals surface area contributed by atoms with Gasteiger partial charge in [-0.15, -0.1) is 0 Å². The molecule has 0 aliphatic heterocycles. The number of benzene rings is 1. The van der Waals surface area contributed by atoms with E-state index < -0.39 is 0 Å². The molecule has 0 bridgehead atoms. The highest BCUT2D eigenvalue weighted by molar-refractivity contribution is 5.91. The van der Waals surface area contributed by atoms with Gasteiger partial charge < -0.3 is 14.8 Å². The summed E-state index contributed by atoms with van der Waals surface area (Å²) >= 11 is 0. The van der Waals surface area contributed by atoms with Crippen LogP contribution in [0.2, 0.25) is 0 Å². The fourth-order valence-corrected chi connectivity index (χ4v) is 1.67. The summed E-state index contributed by atoms with van der Waals surface area (Å²) in [6.45, 7) is 8.68. The number of carbonyl (C=O) groups excluding carboxylic acids is 1. The fourth-order valence-electron chi connectivity index (χ4n) is 1.67. The van der Waals surface area contributed by atoms with E-state index in [1.165, 1.54) is 6.08 Å². The van der Waals surface area contributed by atoms with Crippen molar-refractivity contribution in [2.75, 3.05) is 13.7 Å². The molecule has 0 heterocycles. The number of hydrogen-bond donors (Lipinski definition) is 1. The van der Waals surface area contributed by atoms with Gasteiger partial charge in [-0.2, -0.15) is 0 Å². The number of ether oxygens (including phenoxy) is 2. The van der Waals surface area contributed by atoms with Crippen LogP contribution in [-0.4, -0.2) is 25.7 Å². The van der Waals surface area contributed by atoms with Gasteiger partial charge in [-0.25, -0.2) is 0 Å². The van der Waals surface area contributed by atoms with Gasteiger partial charge in [0.05, 0.1) is 13.7 Å². The third-order valence-corrected chi connectivity index (χ3v) is 2.62. The van der Waals surface area contributed by atoms with E-state index in [1.807, 2.05) is 32.0 Å². The SMILES string of the molecule is COc1cc(C=CC(=O)NC(C)C)ccc1OCC(C)C. The minimum absolute atomic E-state index is 0.107. The number of amides is 1. The Morgan fingerprint density at radius 1 is 1.24 bits per heavy atom. The molecule has 0 atom stereocenters. The molecule has 0 unspecified atom stereocenters. The molecule has 1 amide bonds. The zero-order valence-corrected chi connectivity index (χ0v) is 13.5. The van der Waals surface area contributed by atoms with Gasteiger partial charge >= 0.3 is 0 Å². The van der Waals surface area contributed by atoms with E-state index in [0.717, 1.165) is 11.3 Å². The first-order valence-corrected chi connectivity index (χ1v) is 7.21. The van der Waals surface area contributed by atoms with Crippen LogP contribution in [0.3, 0.4) is 0 Å². The molecule has 0 saturated carbocycles. The molecule has 1 aromatic carbocycles. The van der Waals surface area contributed by atoms with E-state index in [9.17, 15) is 4.79 Å². The highest BCUT2D eigenvalue weighted by Crippen LogP contribution is 2.28. The second kappa shape index (κ2) is 8.35. The molecule has 1 N–H and O–H groups in total. The Hall–Kier alpha value is -1.97. The van der Waals surface area contributed by atoms with E-state index in [4.69, 9.17) is 9.47 Å². The molecule has 1 rings (SSSR count). The second-order valence-electron chi connectivity index (χ2n) is 5.61. The molecule has 0 radical (unpaired) electrons. The Balaban J connectivity index is 2.77. The average molecular weight is 291 g/mol. The van der Waals surface area contributed by atoms with Crippen LogP contribution in [0.5, 0.6) is 11.5 Å². The molecule has 116 valence electrons. The highest BCUT2D eigenvalue weighted by atomic mass is 16.5. The summed E-state index contributed by atoms with van der Waals surface area (Å²) in [7, 11) is 1.61. The standard InChI is InChI=1S/C17H25NO3/c1-12(2)11-21-15-8-6-14(10-16(15)20-5)7-9-17(19)18-13(3)4/h6-10,12-13H,11H2,1-5H3,(H,18,19). The average Bonchev–Trinajstić information content (AvgIpc) is 2.42. The van der Waals surface area contributed by atoms with Gasteiger partial charge in [0.2, 0.25) is 5.91 Å². The van der Waals surface area contributed by atoms with Crippen LogP contribution in [-0.2, 0) is 4.79 Å². The Bertz CT molecular complexity index is 493. The van der Waals surface area contributed by atoms with Gasteiger partial charge in [0, 0.05) is 12.1 Å². The smallest absolute Gasteiger partial charge is 0.244 e. The summed E-state index contributed by atoms with van der Waals surface area (Å²) in [4.78, 5) is 11.6. The van der Waals surface area contributed by atoms with Crippen molar-refractivity contribution >= 4 is 12.0 Å². The van der Waals surface area contributed by atoms with Crippen LogP contribution >= 0.6 is 0 Å². The Morgan fingerprint density at radius 2 is 1.95 bits per heavy atom. The maximum absolute atomic E-state index is 11.6. The molecule has 4 heteroatoms. The lowest BCUT2D eigenvalue weighted by Crippen LogP contribution is -2.28. The molecule has 0 saturated heterocycles. The number of methoxy groups -OCH3 is 1. The fraction of sp³-hybridized carbons (Fsp3) is 0.471. The van der Waals surface area contributed by atoms with Gasteiger partial charge in [-0.05, 0) is 43.5 Å². The minimum Gasteiger partial charge on any atom is -0.493 e. The first kappa shape index (κ1) is 17.1. The van der Waals surface area contributed by atoms with Crippen molar-refractivity contribution < 1.29 is 14.3 Å². The maximum atomic E-state index is 11.6. The zero-order valence-electron chi connectivity index (χ0n) is 13.5. The van der Waals surface area contributed by atoms with Crippen LogP contribution < -0.4 is 14.8 Å². The van der Waals surface area contributed by atoms with Crippen LogP contribution in [0.4, 0.5) is 0 Å². The number of carbonyl (C=O) groups is 1. The molecule has 0 spiro atoms. The summed E-state index contributed by atoms with van der Waals surface area (Å²) in [5.41, 5.74) is 0.891. The third-order valence-electron chi connectivity index (χ3n) is 2.62. The molecule has 0 aliphatic carbocycles. The van der Waals surface area contributed by atoms with Crippen LogP contribution in [0.15, 0.2) is 24.3 Å². The molecule has 21 heavy (non-hydrogen) atoms. The number of hydrogen-bond acceptors (Lipinski definition) is 3.